The molecule has 1 saturated heterocycles. The molecular formula is C12H24N2O. The van der Waals surface area contributed by atoms with E-state index in [1.165, 1.54) is 6.42 Å². The molecule has 1 unspecified atom stereocenters. The van der Waals surface area contributed by atoms with Crippen molar-refractivity contribution in [1.29, 1.82) is 0 Å². The number of carbonyl (C=O) groups is 1. The van der Waals surface area contributed by atoms with Gasteiger partial charge in [0.05, 0.1) is 0 Å². The molecule has 15 heavy (non-hydrogen) atoms. The first-order valence-electron chi connectivity index (χ1n) is 5.81. The predicted molar refractivity (Wildman–Crippen MR) is 62.8 cm³/mol. The van der Waals surface area contributed by atoms with Crippen LogP contribution in [0.1, 0.15) is 40.5 Å². The summed E-state index contributed by atoms with van der Waals surface area (Å²) in [7, 11) is 1.92. The molecule has 88 valence electrons. The molecule has 0 spiro atoms. The maximum atomic E-state index is 11.3. The van der Waals surface area contributed by atoms with Crippen molar-refractivity contribution in [3.05, 3.63) is 0 Å². The molecule has 0 aromatic rings. The zero-order chi connectivity index (χ0) is 11.6. The van der Waals surface area contributed by atoms with Crippen LogP contribution in [0.15, 0.2) is 0 Å². The molecule has 0 saturated carbocycles. The Hall–Kier alpha value is -0.570. The molecule has 0 bridgehead atoms. The third kappa shape index (κ3) is 3.20. The summed E-state index contributed by atoms with van der Waals surface area (Å²) in [5.74, 6) is 0.177. The van der Waals surface area contributed by atoms with E-state index >= 15 is 0 Å². The minimum atomic E-state index is 0.177. The fraction of sp³-hybridized carbons (Fsp3) is 0.917. The van der Waals surface area contributed by atoms with Gasteiger partial charge < -0.3 is 4.90 Å². The molecule has 1 amide bonds. The van der Waals surface area contributed by atoms with Gasteiger partial charge in [0.15, 0.2) is 0 Å². The molecular weight excluding hydrogens is 188 g/mol. The summed E-state index contributed by atoms with van der Waals surface area (Å²) < 4.78 is 0. The number of likely N-dealkylation sites (N-methyl/N-ethyl adjacent to an activating group) is 1. The molecule has 1 aliphatic heterocycles. The van der Waals surface area contributed by atoms with Crippen molar-refractivity contribution in [1.82, 2.24) is 9.80 Å². The lowest BCUT2D eigenvalue weighted by atomic mass is 9.97. The van der Waals surface area contributed by atoms with Crippen molar-refractivity contribution in [2.24, 2.45) is 0 Å². The minimum Gasteiger partial charge on any atom is -0.342 e. The largest absolute Gasteiger partial charge is 0.342 e. The van der Waals surface area contributed by atoms with Crippen LogP contribution in [0.5, 0.6) is 0 Å². The number of carbonyl (C=O) groups excluding carboxylic acids is 1. The Kier molecular flexibility index (Phi) is 3.77. The molecule has 0 radical (unpaired) electrons. The number of likely N-dealkylation sites (tertiary alicyclic amines) is 1. The lowest BCUT2D eigenvalue weighted by Gasteiger charge is -2.43. The number of hydrogen-bond donors (Lipinski definition) is 0. The summed E-state index contributed by atoms with van der Waals surface area (Å²) in [6.07, 6.45) is 2.34. The monoisotopic (exact) mass is 212 g/mol. The van der Waals surface area contributed by atoms with Crippen molar-refractivity contribution in [2.45, 2.75) is 52.1 Å². The summed E-state index contributed by atoms with van der Waals surface area (Å²) in [5.41, 5.74) is 0.219. The highest BCUT2D eigenvalue weighted by Crippen LogP contribution is 2.22. The molecule has 1 fully saturated rings. The van der Waals surface area contributed by atoms with Gasteiger partial charge in [-0.1, -0.05) is 0 Å². The normalized spacial score (nSPS) is 23.9. The van der Waals surface area contributed by atoms with E-state index in [-0.39, 0.29) is 11.4 Å². The summed E-state index contributed by atoms with van der Waals surface area (Å²) in [6, 6.07) is 0.399. The van der Waals surface area contributed by atoms with Gasteiger partial charge >= 0.3 is 0 Å². The number of nitrogens with zero attached hydrogens (tertiary/aromatic N) is 2. The molecule has 0 aromatic carbocycles. The summed E-state index contributed by atoms with van der Waals surface area (Å²) in [6.45, 7) is 10.5. The van der Waals surface area contributed by atoms with Crippen LogP contribution < -0.4 is 0 Å². The second-order valence-electron chi connectivity index (χ2n) is 5.54. The zero-order valence-corrected chi connectivity index (χ0v) is 10.7. The van der Waals surface area contributed by atoms with Crippen LogP contribution in [0.4, 0.5) is 0 Å². The van der Waals surface area contributed by atoms with E-state index in [2.05, 4.69) is 25.7 Å². The Morgan fingerprint density at radius 1 is 1.40 bits per heavy atom. The SMILES string of the molecule is CC(=O)N(C)C1CCCN(C(C)(C)C)C1. The molecule has 3 heteroatoms. The van der Waals surface area contributed by atoms with Gasteiger partial charge in [-0.05, 0) is 40.2 Å². The number of hydrogen-bond acceptors (Lipinski definition) is 2. The third-order valence-electron chi connectivity index (χ3n) is 3.39. The predicted octanol–water partition coefficient (Wildman–Crippen LogP) is 1.73. The van der Waals surface area contributed by atoms with Gasteiger partial charge in [0.1, 0.15) is 0 Å². The van der Waals surface area contributed by atoms with Gasteiger partial charge in [-0.2, -0.15) is 0 Å². The Balaban J connectivity index is 2.60. The van der Waals surface area contributed by atoms with Gasteiger partial charge in [-0.3, -0.25) is 9.69 Å². The van der Waals surface area contributed by atoms with Crippen molar-refractivity contribution >= 4 is 5.91 Å². The van der Waals surface area contributed by atoms with Crippen molar-refractivity contribution in [3.8, 4) is 0 Å². The number of amides is 1. The molecule has 1 rings (SSSR count). The van der Waals surface area contributed by atoms with Crippen molar-refractivity contribution < 1.29 is 4.79 Å². The van der Waals surface area contributed by atoms with Gasteiger partial charge in [-0.15, -0.1) is 0 Å². The van der Waals surface area contributed by atoms with Gasteiger partial charge in [0, 0.05) is 32.1 Å². The van der Waals surface area contributed by atoms with E-state index in [0.29, 0.717) is 6.04 Å². The van der Waals surface area contributed by atoms with Gasteiger partial charge in [-0.25, -0.2) is 0 Å². The van der Waals surface area contributed by atoms with E-state index in [0.717, 1.165) is 19.5 Å². The second kappa shape index (κ2) is 4.52. The Morgan fingerprint density at radius 2 is 2.00 bits per heavy atom. The maximum absolute atomic E-state index is 11.3. The van der Waals surface area contributed by atoms with Crippen molar-refractivity contribution in [3.63, 3.8) is 0 Å². The Morgan fingerprint density at radius 3 is 2.47 bits per heavy atom. The number of rotatable bonds is 1. The molecule has 0 aliphatic carbocycles. The fourth-order valence-corrected chi connectivity index (χ4v) is 2.14. The first kappa shape index (κ1) is 12.5. The van der Waals surface area contributed by atoms with E-state index < -0.39 is 0 Å². The molecule has 1 aliphatic rings. The molecule has 3 nitrogen and oxygen atoms in total. The smallest absolute Gasteiger partial charge is 0.219 e. The first-order valence-corrected chi connectivity index (χ1v) is 5.81. The minimum absolute atomic E-state index is 0.177. The van der Waals surface area contributed by atoms with E-state index in [1.807, 2.05) is 11.9 Å². The lowest BCUT2D eigenvalue weighted by Crippen LogP contribution is -2.53. The summed E-state index contributed by atoms with van der Waals surface area (Å²) in [5, 5.41) is 0. The Bertz CT molecular complexity index is 232. The van der Waals surface area contributed by atoms with E-state index in [1.54, 1.807) is 6.92 Å². The number of piperidine rings is 1. The van der Waals surface area contributed by atoms with E-state index in [4.69, 9.17) is 0 Å². The standard InChI is InChI=1S/C12H24N2O/c1-10(15)13(5)11-7-6-8-14(9-11)12(2,3)4/h11H,6-9H2,1-5H3. The van der Waals surface area contributed by atoms with Gasteiger partial charge in [0.25, 0.3) is 0 Å². The summed E-state index contributed by atoms with van der Waals surface area (Å²) in [4.78, 5) is 15.7. The van der Waals surface area contributed by atoms with Crippen LogP contribution in [-0.4, -0.2) is 47.4 Å². The van der Waals surface area contributed by atoms with Crippen LogP contribution >= 0.6 is 0 Å². The quantitative estimate of drug-likeness (QED) is 0.661. The molecule has 1 atom stereocenters. The molecule has 0 N–H and O–H groups in total. The molecule has 1 heterocycles. The highest BCUT2D eigenvalue weighted by Gasteiger charge is 2.30. The summed E-state index contributed by atoms with van der Waals surface area (Å²) >= 11 is 0. The first-order chi connectivity index (χ1) is 6.82. The van der Waals surface area contributed by atoms with Crippen LogP contribution in [0.25, 0.3) is 0 Å². The van der Waals surface area contributed by atoms with Crippen LogP contribution in [-0.2, 0) is 4.79 Å². The van der Waals surface area contributed by atoms with Gasteiger partial charge in [0.2, 0.25) is 5.91 Å². The lowest BCUT2D eigenvalue weighted by molar-refractivity contribution is -0.131. The van der Waals surface area contributed by atoms with Crippen LogP contribution in [0.3, 0.4) is 0 Å². The average Bonchev–Trinajstić information content (AvgIpc) is 2.15. The average molecular weight is 212 g/mol. The van der Waals surface area contributed by atoms with E-state index in [9.17, 15) is 4.79 Å². The topological polar surface area (TPSA) is 23.6 Å². The fourth-order valence-electron chi connectivity index (χ4n) is 2.14. The third-order valence-corrected chi connectivity index (χ3v) is 3.39. The zero-order valence-electron chi connectivity index (χ0n) is 10.7. The van der Waals surface area contributed by atoms with Crippen LogP contribution in [0.2, 0.25) is 0 Å². The highest BCUT2D eigenvalue weighted by atomic mass is 16.2. The highest BCUT2D eigenvalue weighted by molar-refractivity contribution is 5.73. The van der Waals surface area contributed by atoms with Crippen molar-refractivity contribution in [2.75, 3.05) is 20.1 Å². The second-order valence-corrected chi connectivity index (χ2v) is 5.54. The maximum Gasteiger partial charge on any atom is 0.219 e. The molecule has 0 aromatic heterocycles. The van der Waals surface area contributed by atoms with Crippen LogP contribution in [0, 0.1) is 0 Å². The Labute approximate surface area is 93.4 Å².